The largest absolute Gasteiger partial charge is 0.490 e. The van der Waals surface area contributed by atoms with E-state index < -0.39 is 22.6 Å². The van der Waals surface area contributed by atoms with Crippen molar-refractivity contribution in [3.63, 3.8) is 0 Å². The normalized spacial score (nSPS) is 10.2. The lowest BCUT2D eigenvalue weighted by Gasteiger charge is -2.04. The van der Waals surface area contributed by atoms with Gasteiger partial charge < -0.3 is 15.4 Å². The minimum atomic E-state index is -0.756. The summed E-state index contributed by atoms with van der Waals surface area (Å²) >= 11 is 0. The third kappa shape index (κ3) is 3.34. The summed E-state index contributed by atoms with van der Waals surface area (Å²) in [5.74, 6) is -1.44. The van der Waals surface area contributed by atoms with Crippen molar-refractivity contribution in [1.29, 1.82) is 0 Å². The Morgan fingerprint density at radius 3 is 2.85 bits per heavy atom. The lowest BCUT2D eigenvalue weighted by molar-refractivity contribution is -0.394. The van der Waals surface area contributed by atoms with E-state index in [4.69, 9.17) is 0 Å². The average Bonchev–Trinajstić information content (AvgIpc) is 2.86. The minimum Gasteiger partial charge on any atom is -0.390 e. The van der Waals surface area contributed by atoms with E-state index in [1.165, 1.54) is 6.07 Å². The van der Waals surface area contributed by atoms with Gasteiger partial charge in [-0.15, -0.1) is 0 Å². The SMILES string of the molecule is O=C(Cn1cnc([N+](=O)[O-])n1)NCc1ccccc1F. The first-order valence-electron chi connectivity index (χ1n) is 5.60. The molecule has 0 aliphatic rings. The van der Waals surface area contributed by atoms with Gasteiger partial charge in [-0.2, -0.15) is 4.68 Å². The van der Waals surface area contributed by atoms with Crippen LogP contribution in [0.2, 0.25) is 0 Å². The van der Waals surface area contributed by atoms with Crippen LogP contribution in [0.3, 0.4) is 0 Å². The molecule has 0 spiro atoms. The van der Waals surface area contributed by atoms with E-state index in [9.17, 15) is 19.3 Å². The fraction of sp³-hybridized carbons (Fsp3) is 0.182. The number of benzene rings is 1. The average molecular weight is 279 g/mol. The van der Waals surface area contributed by atoms with Gasteiger partial charge in [-0.25, -0.2) is 4.39 Å². The summed E-state index contributed by atoms with van der Waals surface area (Å²) < 4.78 is 14.3. The second kappa shape index (κ2) is 5.87. The Morgan fingerprint density at radius 1 is 1.45 bits per heavy atom. The monoisotopic (exact) mass is 279 g/mol. The maximum absolute atomic E-state index is 13.3. The van der Waals surface area contributed by atoms with Gasteiger partial charge in [0.2, 0.25) is 12.2 Å². The van der Waals surface area contributed by atoms with Crippen LogP contribution in [0.4, 0.5) is 10.3 Å². The van der Waals surface area contributed by atoms with E-state index in [0.717, 1.165) is 11.0 Å². The highest BCUT2D eigenvalue weighted by molar-refractivity contribution is 5.75. The zero-order valence-electron chi connectivity index (χ0n) is 10.2. The standard InChI is InChI=1S/C11H10FN5O3/c12-9-4-2-1-3-8(9)5-13-10(18)6-16-7-14-11(15-16)17(19)20/h1-4,7H,5-6H2,(H,13,18). The molecule has 0 saturated heterocycles. The Labute approximate surface area is 112 Å². The van der Waals surface area contributed by atoms with Gasteiger partial charge >= 0.3 is 5.95 Å². The van der Waals surface area contributed by atoms with Crippen LogP contribution < -0.4 is 5.32 Å². The molecule has 1 heterocycles. The molecule has 0 aliphatic carbocycles. The molecule has 0 bridgehead atoms. The Kier molecular flexibility index (Phi) is 3.99. The Hall–Kier alpha value is -2.84. The zero-order valence-corrected chi connectivity index (χ0v) is 10.2. The predicted octanol–water partition coefficient (Wildman–Crippen LogP) is 0.642. The molecular weight excluding hydrogens is 269 g/mol. The molecule has 104 valence electrons. The van der Waals surface area contributed by atoms with Crippen molar-refractivity contribution < 1.29 is 14.1 Å². The van der Waals surface area contributed by atoms with Crippen LogP contribution in [0.1, 0.15) is 5.56 Å². The predicted molar refractivity (Wildman–Crippen MR) is 64.9 cm³/mol. The first-order chi connectivity index (χ1) is 9.56. The number of carbonyl (C=O) groups excluding carboxylic acids is 1. The highest BCUT2D eigenvalue weighted by Crippen LogP contribution is 2.05. The van der Waals surface area contributed by atoms with Gasteiger partial charge in [0.05, 0.1) is 0 Å². The Balaban J connectivity index is 1.89. The molecule has 0 radical (unpaired) electrons. The van der Waals surface area contributed by atoms with Crippen molar-refractivity contribution in [2.75, 3.05) is 0 Å². The third-order valence-electron chi connectivity index (χ3n) is 2.43. The molecule has 0 aliphatic heterocycles. The van der Waals surface area contributed by atoms with Crippen LogP contribution in [-0.2, 0) is 17.9 Å². The smallest absolute Gasteiger partial charge is 0.390 e. The number of carbonyl (C=O) groups is 1. The summed E-state index contributed by atoms with van der Waals surface area (Å²) in [4.78, 5) is 24.6. The number of nitrogens with one attached hydrogen (secondary N) is 1. The molecule has 1 aromatic heterocycles. The van der Waals surface area contributed by atoms with Crippen LogP contribution in [0.25, 0.3) is 0 Å². The number of amides is 1. The molecule has 0 atom stereocenters. The fourth-order valence-electron chi connectivity index (χ4n) is 1.48. The van der Waals surface area contributed by atoms with Crippen LogP contribution in [-0.4, -0.2) is 25.6 Å². The molecule has 9 heteroatoms. The molecule has 2 rings (SSSR count). The number of nitro groups is 1. The summed E-state index contributed by atoms with van der Waals surface area (Å²) in [7, 11) is 0. The van der Waals surface area contributed by atoms with E-state index in [1.54, 1.807) is 18.2 Å². The Bertz CT molecular complexity index is 642. The van der Waals surface area contributed by atoms with Gasteiger partial charge in [0.25, 0.3) is 0 Å². The molecule has 1 aromatic carbocycles. The summed E-state index contributed by atoms with van der Waals surface area (Å²) in [5, 5.41) is 16.4. The minimum absolute atomic E-state index is 0.0301. The van der Waals surface area contributed by atoms with Crippen molar-refractivity contribution in [2.45, 2.75) is 13.1 Å². The number of halogens is 1. The lowest BCUT2D eigenvalue weighted by Crippen LogP contribution is -2.27. The molecule has 20 heavy (non-hydrogen) atoms. The maximum Gasteiger partial charge on any atom is 0.490 e. The summed E-state index contributed by atoms with van der Waals surface area (Å²) in [6.07, 6.45) is 1.08. The second-order valence-corrected chi connectivity index (χ2v) is 3.87. The second-order valence-electron chi connectivity index (χ2n) is 3.87. The van der Waals surface area contributed by atoms with Gasteiger partial charge in [0.1, 0.15) is 12.4 Å². The van der Waals surface area contributed by atoms with Crippen molar-refractivity contribution in [3.8, 4) is 0 Å². The molecular formula is C11H10FN5O3. The van der Waals surface area contributed by atoms with E-state index in [-0.39, 0.29) is 13.1 Å². The number of hydrogen-bond acceptors (Lipinski definition) is 5. The molecule has 1 N–H and O–H groups in total. The highest BCUT2D eigenvalue weighted by Gasteiger charge is 2.15. The molecule has 2 aromatic rings. The van der Waals surface area contributed by atoms with Gasteiger partial charge in [-0.1, -0.05) is 23.2 Å². The quantitative estimate of drug-likeness (QED) is 0.639. The highest BCUT2D eigenvalue weighted by atomic mass is 19.1. The van der Waals surface area contributed by atoms with Gasteiger partial charge in [0, 0.05) is 17.2 Å². The van der Waals surface area contributed by atoms with E-state index >= 15 is 0 Å². The Morgan fingerprint density at radius 2 is 2.20 bits per heavy atom. The topological polar surface area (TPSA) is 103 Å². The van der Waals surface area contributed by atoms with E-state index in [0.29, 0.717) is 5.56 Å². The molecule has 8 nitrogen and oxygen atoms in total. The van der Waals surface area contributed by atoms with Gasteiger partial charge in [0.15, 0.2) is 0 Å². The molecule has 0 fully saturated rings. The molecule has 1 amide bonds. The van der Waals surface area contributed by atoms with Crippen molar-refractivity contribution in [1.82, 2.24) is 20.1 Å². The van der Waals surface area contributed by atoms with E-state index in [1.807, 2.05) is 0 Å². The van der Waals surface area contributed by atoms with Crippen LogP contribution >= 0.6 is 0 Å². The first kappa shape index (κ1) is 13.6. The maximum atomic E-state index is 13.3. The molecule has 0 saturated carbocycles. The number of nitrogens with zero attached hydrogens (tertiary/aromatic N) is 4. The van der Waals surface area contributed by atoms with Crippen molar-refractivity contribution in [3.05, 3.63) is 52.1 Å². The van der Waals surface area contributed by atoms with Gasteiger partial charge in [-0.05, 0) is 11.0 Å². The number of hydrogen-bond donors (Lipinski definition) is 1. The van der Waals surface area contributed by atoms with Crippen LogP contribution in [0.15, 0.2) is 30.6 Å². The zero-order chi connectivity index (χ0) is 14.5. The van der Waals surface area contributed by atoms with Gasteiger partial charge in [-0.3, -0.25) is 4.79 Å². The van der Waals surface area contributed by atoms with Crippen LogP contribution in [0, 0.1) is 15.9 Å². The summed E-state index contributed by atoms with van der Waals surface area (Å²) in [5.41, 5.74) is 0.352. The fourth-order valence-corrected chi connectivity index (χ4v) is 1.48. The third-order valence-corrected chi connectivity index (χ3v) is 2.43. The first-order valence-corrected chi connectivity index (χ1v) is 5.60. The van der Waals surface area contributed by atoms with E-state index in [2.05, 4.69) is 15.4 Å². The van der Waals surface area contributed by atoms with Crippen molar-refractivity contribution in [2.24, 2.45) is 0 Å². The van der Waals surface area contributed by atoms with Crippen molar-refractivity contribution >= 4 is 11.9 Å². The summed E-state index contributed by atoms with van der Waals surface area (Å²) in [6, 6.07) is 6.05. The molecule has 0 unspecified atom stereocenters. The van der Waals surface area contributed by atoms with Crippen LogP contribution in [0.5, 0.6) is 0 Å². The lowest BCUT2D eigenvalue weighted by atomic mass is 10.2. The summed E-state index contributed by atoms with van der Waals surface area (Å²) in [6.45, 7) is -0.197. The number of rotatable bonds is 5. The number of aromatic nitrogens is 3.